The standard InChI is InChI=1S/C17H27NO3/c1-4-18-17(14-9-10-20-13(14)2)15-7-5-6-8-16(15)21-12-11-19-3/h5-8,13-14,17-18H,4,9-12H2,1-3H3. The molecule has 1 aromatic carbocycles. The lowest BCUT2D eigenvalue weighted by atomic mass is 9.87. The van der Waals surface area contributed by atoms with E-state index in [1.165, 1.54) is 5.56 Å². The molecule has 0 spiro atoms. The molecule has 2 rings (SSSR count). The molecular formula is C17H27NO3. The maximum atomic E-state index is 5.89. The van der Waals surface area contributed by atoms with Crippen LogP contribution in [0.1, 0.15) is 31.9 Å². The molecule has 4 heteroatoms. The van der Waals surface area contributed by atoms with E-state index in [4.69, 9.17) is 14.2 Å². The zero-order valence-corrected chi connectivity index (χ0v) is 13.3. The smallest absolute Gasteiger partial charge is 0.124 e. The zero-order valence-electron chi connectivity index (χ0n) is 13.3. The van der Waals surface area contributed by atoms with Crippen LogP contribution in [0.2, 0.25) is 0 Å². The van der Waals surface area contributed by atoms with Crippen LogP contribution in [0.3, 0.4) is 0 Å². The average Bonchev–Trinajstić information content (AvgIpc) is 2.92. The summed E-state index contributed by atoms with van der Waals surface area (Å²) in [6, 6.07) is 8.55. The SMILES string of the molecule is CCNC(c1ccccc1OCCOC)C1CCOC1C. The third kappa shape index (κ3) is 4.19. The van der Waals surface area contributed by atoms with E-state index in [1.54, 1.807) is 7.11 Å². The monoisotopic (exact) mass is 293 g/mol. The van der Waals surface area contributed by atoms with E-state index in [2.05, 4.69) is 31.3 Å². The molecule has 0 radical (unpaired) electrons. The van der Waals surface area contributed by atoms with Crippen LogP contribution in [0, 0.1) is 5.92 Å². The molecule has 4 nitrogen and oxygen atoms in total. The number of benzene rings is 1. The number of hydrogen-bond donors (Lipinski definition) is 1. The molecule has 1 saturated heterocycles. The summed E-state index contributed by atoms with van der Waals surface area (Å²) >= 11 is 0. The molecule has 1 fully saturated rings. The Bertz CT molecular complexity index is 424. The summed E-state index contributed by atoms with van der Waals surface area (Å²) < 4.78 is 16.7. The average molecular weight is 293 g/mol. The molecule has 1 aromatic rings. The zero-order chi connectivity index (χ0) is 15.1. The van der Waals surface area contributed by atoms with E-state index in [1.807, 2.05) is 12.1 Å². The Morgan fingerprint density at radius 1 is 1.33 bits per heavy atom. The number of rotatable bonds is 8. The largest absolute Gasteiger partial charge is 0.491 e. The first-order valence-corrected chi connectivity index (χ1v) is 7.83. The van der Waals surface area contributed by atoms with Gasteiger partial charge in [0.1, 0.15) is 12.4 Å². The van der Waals surface area contributed by atoms with E-state index in [0.717, 1.165) is 25.3 Å². The Labute approximate surface area is 127 Å². The van der Waals surface area contributed by atoms with Gasteiger partial charge in [-0.2, -0.15) is 0 Å². The summed E-state index contributed by atoms with van der Waals surface area (Å²) in [5.74, 6) is 1.43. The van der Waals surface area contributed by atoms with Gasteiger partial charge in [0.2, 0.25) is 0 Å². The van der Waals surface area contributed by atoms with Crippen molar-refractivity contribution < 1.29 is 14.2 Å². The number of methoxy groups -OCH3 is 1. The van der Waals surface area contributed by atoms with Crippen LogP contribution in [-0.2, 0) is 9.47 Å². The molecule has 3 unspecified atom stereocenters. The fraction of sp³-hybridized carbons (Fsp3) is 0.647. The maximum absolute atomic E-state index is 5.89. The van der Waals surface area contributed by atoms with Crippen LogP contribution >= 0.6 is 0 Å². The molecule has 0 saturated carbocycles. The van der Waals surface area contributed by atoms with E-state index < -0.39 is 0 Å². The highest BCUT2D eigenvalue weighted by molar-refractivity contribution is 5.36. The second-order valence-electron chi connectivity index (χ2n) is 5.44. The lowest BCUT2D eigenvalue weighted by molar-refractivity contribution is 0.0948. The quantitative estimate of drug-likeness (QED) is 0.748. The second-order valence-corrected chi connectivity index (χ2v) is 5.44. The summed E-state index contributed by atoms with van der Waals surface area (Å²) in [7, 11) is 1.69. The minimum absolute atomic E-state index is 0.270. The minimum atomic E-state index is 0.270. The van der Waals surface area contributed by atoms with Crippen LogP contribution in [0.15, 0.2) is 24.3 Å². The molecule has 1 aliphatic heterocycles. The third-order valence-electron chi connectivity index (χ3n) is 4.09. The Morgan fingerprint density at radius 2 is 2.14 bits per heavy atom. The van der Waals surface area contributed by atoms with Gasteiger partial charge in [0.25, 0.3) is 0 Å². The van der Waals surface area contributed by atoms with Gasteiger partial charge in [0.05, 0.1) is 12.7 Å². The number of para-hydroxylation sites is 1. The van der Waals surface area contributed by atoms with Crippen LogP contribution in [0.25, 0.3) is 0 Å². The molecule has 3 atom stereocenters. The predicted octanol–water partition coefficient (Wildman–Crippen LogP) is 2.79. The van der Waals surface area contributed by atoms with Crippen molar-refractivity contribution in [2.24, 2.45) is 5.92 Å². The third-order valence-corrected chi connectivity index (χ3v) is 4.09. The van der Waals surface area contributed by atoms with Gasteiger partial charge in [-0.15, -0.1) is 0 Å². The van der Waals surface area contributed by atoms with Crippen LogP contribution < -0.4 is 10.1 Å². The van der Waals surface area contributed by atoms with Crippen LogP contribution in [0.5, 0.6) is 5.75 Å². The van der Waals surface area contributed by atoms with Crippen molar-refractivity contribution in [2.45, 2.75) is 32.4 Å². The minimum Gasteiger partial charge on any atom is -0.491 e. The van der Waals surface area contributed by atoms with Gasteiger partial charge in [-0.25, -0.2) is 0 Å². The van der Waals surface area contributed by atoms with Gasteiger partial charge in [-0.05, 0) is 26.0 Å². The molecule has 21 heavy (non-hydrogen) atoms. The van der Waals surface area contributed by atoms with Crippen LogP contribution in [-0.4, -0.2) is 39.6 Å². The maximum Gasteiger partial charge on any atom is 0.124 e. The molecule has 0 amide bonds. The Morgan fingerprint density at radius 3 is 2.81 bits per heavy atom. The Kier molecular flexibility index (Phi) is 6.49. The fourth-order valence-electron chi connectivity index (χ4n) is 3.00. The first kappa shape index (κ1) is 16.3. The lowest BCUT2D eigenvalue weighted by Gasteiger charge is -2.28. The highest BCUT2D eigenvalue weighted by Crippen LogP contribution is 2.37. The molecule has 1 N–H and O–H groups in total. The first-order chi connectivity index (χ1) is 10.3. The summed E-state index contributed by atoms with van der Waals surface area (Å²) in [6.07, 6.45) is 1.37. The van der Waals surface area contributed by atoms with E-state index in [-0.39, 0.29) is 12.1 Å². The van der Waals surface area contributed by atoms with E-state index in [0.29, 0.717) is 19.1 Å². The van der Waals surface area contributed by atoms with Gasteiger partial charge >= 0.3 is 0 Å². The topological polar surface area (TPSA) is 39.7 Å². The molecule has 0 aromatic heterocycles. The lowest BCUT2D eigenvalue weighted by Crippen LogP contribution is -2.32. The highest BCUT2D eigenvalue weighted by Gasteiger charge is 2.33. The second kappa shape index (κ2) is 8.37. The van der Waals surface area contributed by atoms with Crippen molar-refractivity contribution in [3.63, 3.8) is 0 Å². The number of nitrogens with one attached hydrogen (secondary N) is 1. The summed E-state index contributed by atoms with van der Waals surface area (Å²) in [4.78, 5) is 0. The van der Waals surface area contributed by atoms with Crippen molar-refractivity contribution in [2.75, 3.05) is 33.5 Å². The number of ether oxygens (including phenoxy) is 3. The molecule has 0 aliphatic carbocycles. The molecule has 118 valence electrons. The summed E-state index contributed by atoms with van der Waals surface area (Å²) in [5, 5.41) is 3.61. The van der Waals surface area contributed by atoms with Crippen molar-refractivity contribution >= 4 is 0 Å². The normalized spacial score (nSPS) is 23.2. The molecule has 1 heterocycles. The Hall–Kier alpha value is -1.10. The number of hydrogen-bond acceptors (Lipinski definition) is 4. The summed E-state index contributed by atoms with van der Waals surface area (Å²) in [6.45, 7) is 7.26. The fourth-order valence-corrected chi connectivity index (χ4v) is 3.00. The van der Waals surface area contributed by atoms with Crippen molar-refractivity contribution in [3.05, 3.63) is 29.8 Å². The molecule has 0 bridgehead atoms. The van der Waals surface area contributed by atoms with Crippen LogP contribution in [0.4, 0.5) is 0 Å². The van der Waals surface area contributed by atoms with Gasteiger partial charge in [0.15, 0.2) is 0 Å². The van der Waals surface area contributed by atoms with Crippen molar-refractivity contribution in [1.82, 2.24) is 5.32 Å². The predicted molar refractivity (Wildman–Crippen MR) is 83.8 cm³/mol. The molecule has 1 aliphatic rings. The first-order valence-electron chi connectivity index (χ1n) is 7.83. The van der Waals surface area contributed by atoms with E-state index in [9.17, 15) is 0 Å². The van der Waals surface area contributed by atoms with Gasteiger partial charge < -0.3 is 19.5 Å². The van der Waals surface area contributed by atoms with Crippen molar-refractivity contribution in [1.29, 1.82) is 0 Å². The van der Waals surface area contributed by atoms with Gasteiger partial charge in [0, 0.05) is 31.2 Å². The summed E-state index contributed by atoms with van der Waals surface area (Å²) in [5.41, 5.74) is 1.22. The van der Waals surface area contributed by atoms with Gasteiger partial charge in [-0.3, -0.25) is 0 Å². The van der Waals surface area contributed by atoms with Crippen molar-refractivity contribution in [3.8, 4) is 5.75 Å². The highest BCUT2D eigenvalue weighted by atomic mass is 16.5. The molecular weight excluding hydrogens is 266 g/mol. The van der Waals surface area contributed by atoms with E-state index >= 15 is 0 Å². The van der Waals surface area contributed by atoms with Gasteiger partial charge in [-0.1, -0.05) is 25.1 Å². The Balaban J connectivity index is 2.18.